The largest absolute Gasteiger partial charge is 0.470 e. The lowest BCUT2D eigenvalue weighted by molar-refractivity contribution is -0.137. The summed E-state index contributed by atoms with van der Waals surface area (Å²) in [6, 6.07) is 18.8. The Bertz CT molecular complexity index is 1310. The summed E-state index contributed by atoms with van der Waals surface area (Å²) in [6.45, 7) is 5.85. The van der Waals surface area contributed by atoms with E-state index in [2.05, 4.69) is 5.32 Å². The van der Waals surface area contributed by atoms with E-state index in [1.807, 2.05) is 51.1 Å². The Balaban J connectivity index is 1.75. The van der Waals surface area contributed by atoms with Gasteiger partial charge in [0.2, 0.25) is 6.41 Å². The second kappa shape index (κ2) is 15.8. The molecule has 0 radical (unpaired) electrons. The number of imide groups is 1. The average molecular weight is 599 g/mol. The minimum Gasteiger partial charge on any atom is -0.470 e. The first-order valence-corrected chi connectivity index (χ1v) is 14.3. The minimum absolute atomic E-state index is 0.129. The highest BCUT2D eigenvalue weighted by molar-refractivity contribution is 5.89. The molecule has 0 aliphatic heterocycles. The van der Waals surface area contributed by atoms with Crippen LogP contribution in [0.4, 0.5) is 18.0 Å². The van der Waals surface area contributed by atoms with Crippen LogP contribution in [0.1, 0.15) is 79.5 Å². The van der Waals surface area contributed by atoms with Crippen molar-refractivity contribution in [3.63, 3.8) is 0 Å². The fourth-order valence-corrected chi connectivity index (χ4v) is 4.65. The molecule has 7 nitrogen and oxygen atoms in total. The van der Waals surface area contributed by atoms with Crippen molar-refractivity contribution in [2.75, 3.05) is 0 Å². The number of nitrogens with one attached hydrogen (secondary N) is 1. The van der Waals surface area contributed by atoms with Crippen molar-refractivity contribution in [2.24, 2.45) is 5.92 Å². The van der Waals surface area contributed by atoms with E-state index in [-0.39, 0.29) is 12.5 Å². The molecule has 3 rings (SSSR count). The zero-order valence-corrected chi connectivity index (χ0v) is 24.5. The minimum atomic E-state index is -4.48. The smallest absolute Gasteiger partial charge is 0.416 e. The van der Waals surface area contributed by atoms with Gasteiger partial charge in [-0.2, -0.15) is 13.2 Å². The number of rotatable bonds is 14. The van der Waals surface area contributed by atoms with Crippen molar-refractivity contribution < 1.29 is 37.0 Å². The van der Waals surface area contributed by atoms with Crippen LogP contribution in [-0.2, 0) is 22.3 Å². The van der Waals surface area contributed by atoms with Gasteiger partial charge in [0, 0.05) is 5.92 Å². The molecule has 0 aromatic heterocycles. The summed E-state index contributed by atoms with van der Waals surface area (Å²) < 4.78 is 50.7. The molecule has 10 heteroatoms. The maximum atomic E-state index is 13.4. The van der Waals surface area contributed by atoms with Crippen LogP contribution >= 0.6 is 0 Å². The Hall–Kier alpha value is -4.34. The normalized spacial score (nSPS) is 12.7. The summed E-state index contributed by atoms with van der Waals surface area (Å²) in [5.74, 6) is -0.391. The molecule has 0 saturated carbocycles. The van der Waals surface area contributed by atoms with E-state index in [0.29, 0.717) is 49.0 Å². The van der Waals surface area contributed by atoms with Gasteiger partial charge in [0.1, 0.15) is 12.4 Å². The molecular weight excluding hydrogens is 561 g/mol. The van der Waals surface area contributed by atoms with Crippen molar-refractivity contribution in [1.82, 2.24) is 10.2 Å². The molecule has 3 aromatic carbocycles. The van der Waals surface area contributed by atoms with Gasteiger partial charge in [-0.25, -0.2) is 14.5 Å². The van der Waals surface area contributed by atoms with Gasteiger partial charge >= 0.3 is 18.2 Å². The molecule has 43 heavy (non-hydrogen) atoms. The first kappa shape index (κ1) is 33.2. The van der Waals surface area contributed by atoms with Crippen molar-refractivity contribution in [3.8, 4) is 5.75 Å². The van der Waals surface area contributed by atoms with E-state index in [9.17, 15) is 27.6 Å². The summed E-state index contributed by atoms with van der Waals surface area (Å²) in [4.78, 5) is 39.1. The molecule has 0 bridgehead atoms. The number of ether oxygens (including phenoxy) is 2. The lowest BCUT2D eigenvalue weighted by Gasteiger charge is -2.34. The first-order valence-electron chi connectivity index (χ1n) is 14.3. The maximum absolute atomic E-state index is 13.4. The van der Waals surface area contributed by atoms with E-state index in [1.165, 1.54) is 12.1 Å². The highest BCUT2D eigenvalue weighted by Crippen LogP contribution is 2.31. The van der Waals surface area contributed by atoms with Gasteiger partial charge in [-0.05, 0) is 66.8 Å². The van der Waals surface area contributed by atoms with Crippen LogP contribution in [0.2, 0.25) is 0 Å². The topological polar surface area (TPSA) is 84.9 Å². The van der Waals surface area contributed by atoms with Crippen LogP contribution in [0.25, 0.3) is 0 Å². The number of carbonyl (C=O) groups excluding carboxylic acids is 3. The van der Waals surface area contributed by atoms with Gasteiger partial charge < -0.3 is 14.8 Å². The van der Waals surface area contributed by atoms with E-state index in [0.717, 1.165) is 22.6 Å². The molecular formula is C33H37F3N2O5. The molecule has 1 N–H and O–H groups in total. The summed E-state index contributed by atoms with van der Waals surface area (Å²) in [5.41, 5.74) is 0.871. The highest BCUT2D eigenvalue weighted by Gasteiger charge is 2.33. The molecule has 3 amide bonds. The average Bonchev–Trinajstić information content (AvgIpc) is 3.01. The monoisotopic (exact) mass is 598 g/mol. The van der Waals surface area contributed by atoms with Crippen molar-refractivity contribution >= 4 is 18.4 Å². The maximum Gasteiger partial charge on any atom is 0.416 e. The van der Waals surface area contributed by atoms with Crippen molar-refractivity contribution in [1.29, 1.82) is 0 Å². The first-order chi connectivity index (χ1) is 20.6. The third-order valence-electron chi connectivity index (χ3n) is 7.15. The number of hydrogen-bond donors (Lipinski definition) is 1. The molecule has 0 heterocycles. The Kier molecular flexibility index (Phi) is 12.2. The number of hydrogen-bond acceptors (Lipinski definition) is 5. The van der Waals surface area contributed by atoms with Gasteiger partial charge in [0.15, 0.2) is 6.23 Å². The number of benzene rings is 3. The fourth-order valence-electron chi connectivity index (χ4n) is 4.65. The Labute approximate surface area is 250 Å². The summed E-state index contributed by atoms with van der Waals surface area (Å²) in [6.07, 6.45) is -2.78. The van der Waals surface area contributed by atoms with Crippen LogP contribution < -0.4 is 10.1 Å². The second-order valence-electron chi connectivity index (χ2n) is 10.1. The van der Waals surface area contributed by atoms with E-state index < -0.39 is 36.0 Å². The number of amides is 3. The zero-order chi connectivity index (χ0) is 31.4. The van der Waals surface area contributed by atoms with Gasteiger partial charge in [-0.15, -0.1) is 0 Å². The van der Waals surface area contributed by atoms with Crippen molar-refractivity contribution in [2.45, 2.75) is 71.5 Å². The Morgan fingerprint density at radius 3 is 2.07 bits per heavy atom. The number of alkyl halides is 3. The molecule has 230 valence electrons. The van der Waals surface area contributed by atoms with E-state index >= 15 is 0 Å². The second-order valence-corrected chi connectivity index (χ2v) is 10.1. The van der Waals surface area contributed by atoms with Crippen LogP contribution in [-0.4, -0.2) is 29.5 Å². The summed E-state index contributed by atoms with van der Waals surface area (Å²) in [5, 5.41) is 2.80. The lowest BCUT2D eigenvalue weighted by Crippen LogP contribution is -2.51. The third-order valence-corrected chi connectivity index (χ3v) is 7.15. The molecule has 0 saturated heterocycles. The number of nitrogens with zero attached hydrogens (tertiary/aromatic N) is 1. The third kappa shape index (κ3) is 9.33. The molecule has 0 fully saturated rings. The molecule has 0 spiro atoms. The van der Waals surface area contributed by atoms with E-state index in [4.69, 9.17) is 9.47 Å². The number of esters is 1. The predicted octanol–water partition coefficient (Wildman–Crippen LogP) is 7.91. The number of carbonyl (C=O) groups is 3. The van der Waals surface area contributed by atoms with Crippen LogP contribution in [0.3, 0.4) is 0 Å². The molecule has 0 aliphatic carbocycles. The summed E-state index contributed by atoms with van der Waals surface area (Å²) in [7, 11) is 0. The molecule has 0 unspecified atom stereocenters. The zero-order valence-electron chi connectivity index (χ0n) is 24.5. The molecule has 2 atom stereocenters. The quantitative estimate of drug-likeness (QED) is 0.116. The van der Waals surface area contributed by atoms with Crippen LogP contribution in [0.5, 0.6) is 5.75 Å². The fraction of sp³-hybridized carbons (Fsp3) is 0.364. The van der Waals surface area contributed by atoms with Crippen LogP contribution in [0, 0.1) is 5.92 Å². The molecule has 3 aromatic rings. The summed E-state index contributed by atoms with van der Waals surface area (Å²) >= 11 is 0. The number of halogens is 3. The number of urea groups is 1. The highest BCUT2D eigenvalue weighted by atomic mass is 19.4. The standard InChI is InChI=1S/C33H37F3N2O5/c1-4-10-29(25-13-17-27(18-14-25)33(34,35)36)37-32(41)38(22-39)30(24(5-2)6-3)43-28-19-15-26(16-20-28)31(40)42-21-23-11-8-7-9-12-23/h7-9,11-20,22,24,29-30H,4-6,10,21H2,1-3H3,(H,37,41)/t29-,30+/m1/s1. The lowest BCUT2D eigenvalue weighted by atomic mass is 9.99. The van der Waals surface area contributed by atoms with Gasteiger partial charge in [-0.3, -0.25) is 4.79 Å². The SMILES string of the molecule is CCC[C@@H](NC(=O)N(C=O)[C@@H](Oc1ccc(C(=O)OCc2ccccc2)cc1)C(CC)CC)c1ccc(C(F)(F)F)cc1. The van der Waals surface area contributed by atoms with Gasteiger partial charge in [0.05, 0.1) is 17.2 Å². The predicted molar refractivity (Wildman–Crippen MR) is 156 cm³/mol. The van der Waals surface area contributed by atoms with Gasteiger partial charge in [0.25, 0.3) is 0 Å². The Morgan fingerprint density at radius 1 is 0.907 bits per heavy atom. The van der Waals surface area contributed by atoms with Crippen molar-refractivity contribution in [3.05, 3.63) is 101 Å². The van der Waals surface area contributed by atoms with Gasteiger partial charge in [-0.1, -0.05) is 69.7 Å². The molecule has 0 aliphatic rings. The Morgan fingerprint density at radius 2 is 1.53 bits per heavy atom. The van der Waals surface area contributed by atoms with Crippen LogP contribution in [0.15, 0.2) is 78.9 Å². The van der Waals surface area contributed by atoms with E-state index in [1.54, 1.807) is 24.3 Å².